The maximum atomic E-state index is 12.0. The Bertz CT molecular complexity index is 1450. The molecule has 0 spiro atoms. The standard InChI is InChI=1S/C25H28BN7O3/c1-32-9-8-21-20(14-32)24(29-13-15-4-2-5-16(10-15)26(35)36)31-25(30-21)33-17(12-27)11-19-18(23(28)34)6-3-7-22(19)33/h2-7,10-11,35-36H,8-9,12-14,27H2,1H3,(H2,28,34)(H,29,30,31). The number of carbonyl (C=O) groups is 1. The van der Waals surface area contributed by atoms with Gasteiger partial charge in [-0.2, -0.15) is 4.98 Å². The van der Waals surface area contributed by atoms with Crippen LogP contribution in [-0.4, -0.2) is 56.1 Å². The number of primary amides is 1. The third kappa shape index (κ3) is 4.45. The normalized spacial score (nSPS) is 13.6. The van der Waals surface area contributed by atoms with E-state index in [2.05, 4.69) is 17.3 Å². The number of nitrogens with two attached hydrogens (primary N) is 2. The lowest BCUT2D eigenvalue weighted by Crippen LogP contribution is -2.30. The second-order valence-electron chi connectivity index (χ2n) is 9.04. The summed E-state index contributed by atoms with van der Waals surface area (Å²) in [6.07, 6.45) is 0.770. The van der Waals surface area contributed by atoms with Crippen molar-refractivity contribution in [2.75, 3.05) is 18.9 Å². The molecule has 2 aromatic carbocycles. The summed E-state index contributed by atoms with van der Waals surface area (Å²) in [6, 6.07) is 14.4. The lowest BCUT2D eigenvalue weighted by Gasteiger charge is -2.27. The lowest BCUT2D eigenvalue weighted by molar-refractivity contribution is 0.100. The number of amides is 1. The van der Waals surface area contributed by atoms with Gasteiger partial charge in [-0.05, 0) is 36.3 Å². The van der Waals surface area contributed by atoms with Crippen molar-refractivity contribution in [1.82, 2.24) is 19.4 Å². The number of hydrogen-bond acceptors (Lipinski definition) is 8. The molecule has 3 heterocycles. The Labute approximate surface area is 208 Å². The van der Waals surface area contributed by atoms with Crippen LogP contribution in [0.1, 0.15) is 32.9 Å². The van der Waals surface area contributed by atoms with Crippen LogP contribution in [0.4, 0.5) is 5.82 Å². The van der Waals surface area contributed by atoms with E-state index in [1.165, 1.54) is 0 Å². The molecular weight excluding hydrogens is 457 g/mol. The Hall–Kier alpha value is -3.77. The fraction of sp³-hybridized carbons (Fsp3) is 0.240. The fourth-order valence-corrected chi connectivity index (χ4v) is 4.72. The van der Waals surface area contributed by atoms with Gasteiger partial charge in [0.2, 0.25) is 11.9 Å². The minimum atomic E-state index is -1.53. The molecule has 36 heavy (non-hydrogen) atoms. The summed E-state index contributed by atoms with van der Waals surface area (Å²) in [6.45, 7) is 2.25. The molecule has 4 aromatic rings. The molecule has 11 heteroatoms. The highest BCUT2D eigenvalue weighted by atomic mass is 16.4. The van der Waals surface area contributed by atoms with Crippen LogP contribution in [0.2, 0.25) is 0 Å². The van der Waals surface area contributed by atoms with Gasteiger partial charge in [-0.3, -0.25) is 9.36 Å². The minimum Gasteiger partial charge on any atom is -0.423 e. The largest absolute Gasteiger partial charge is 0.488 e. The van der Waals surface area contributed by atoms with Crippen molar-refractivity contribution in [1.29, 1.82) is 0 Å². The van der Waals surface area contributed by atoms with E-state index in [1.807, 2.05) is 22.8 Å². The van der Waals surface area contributed by atoms with Gasteiger partial charge in [-0.25, -0.2) is 4.98 Å². The maximum absolute atomic E-state index is 12.0. The van der Waals surface area contributed by atoms with Crippen molar-refractivity contribution >= 4 is 35.2 Å². The zero-order chi connectivity index (χ0) is 25.4. The third-order valence-electron chi connectivity index (χ3n) is 6.55. The Morgan fingerprint density at radius 1 is 1.17 bits per heavy atom. The molecule has 0 saturated heterocycles. The van der Waals surface area contributed by atoms with Gasteiger partial charge in [0.05, 0.1) is 11.2 Å². The summed E-state index contributed by atoms with van der Waals surface area (Å²) >= 11 is 0. The second-order valence-corrected chi connectivity index (χ2v) is 9.04. The highest BCUT2D eigenvalue weighted by molar-refractivity contribution is 6.58. The van der Waals surface area contributed by atoms with E-state index >= 15 is 0 Å². The van der Waals surface area contributed by atoms with E-state index in [1.54, 1.807) is 30.3 Å². The molecule has 1 aliphatic rings. The lowest BCUT2D eigenvalue weighted by atomic mass is 9.79. The molecule has 1 aliphatic heterocycles. The Balaban J connectivity index is 1.61. The van der Waals surface area contributed by atoms with Gasteiger partial charge in [0.15, 0.2) is 0 Å². The van der Waals surface area contributed by atoms with Crippen molar-refractivity contribution in [2.45, 2.75) is 26.1 Å². The summed E-state index contributed by atoms with van der Waals surface area (Å²) in [5, 5.41) is 23.2. The van der Waals surface area contributed by atoms with Crippen LogP contribution < -0.4 is 22.2 Å². The Morgan fingerprint density at radius 2 is 1.97 bits per heavy atom. The minimum absolute atomic E-state index is 0.231. The number of carbonyl (C=O) groups excluding carboxylic acids is 1. The highest BCUT2D eigenvalue weighted by Gasteiger charge is 2.23. The predicted octanol–water partition coefficient (Wildman–Crippen LogP) is 0.258. The molecule has 10 nitrogen and oxygen atoms in total. The van der Waals surface area contributed by atoms with E-state index in [4.69, 9.17) is 21.4 Å². The molecule has 184 valence electrons. The van der Waals surface area contributed by atoms with Crippen LogP contribution in [0.15, 0.2) is 48.5 Å². The van der Waals surface area contributed by atoms with Crippen molar-refractivity contribution in [3.8, 4) is 5.95 Å². The second kappa shape index (κ2) is 9.71. The van der Waals surface area contributed by atoms with Crippen LogP contribution in [0.25, 0.3) is 16.9 Å². The number of nitrogens with zero attached hydrogens (tertiary/aromatic N) is 4. The number of aromatic nitrogens is 3. The van der Waals surface area contributed by atoms with Gasteiger partial charge in [0.1, 0.15) is 5.82 Å². The molecule has 0 radical (unpaired) electrons. The molecule has 0 atom stereocenters. The quantitative estimate of drug-likeness (QED) is 0.234. The average molecular weight is 485 g/mol. The van der Waals surface area contributed by atoms with Crippen molar-refractivity contribution in [2.24, 2.45) is 11.5 Å². The van der Waals surface area contributed by atoms with E-state index in [9.17, 15) is 14.8 Å². The summed E-state index contributed by atoms with van der Waals surface area (Å²) in [4.78, 5) is 24.1. The Morgan fingerprint density at radius 3 is 2.72 bits per heavy atom. The van der Waals surface area contributed by atoms with Crippen LogP contribution in [-0.2, 0) is 26.1 Å². The van der Waals surface area contributed by atoms with Crippen molar-refractivity contribution in [3.63, 3.8) is 0 Å². The summed E-state index contributed by atoms with van der Waals surface area (Å²) in [7, 11) is 0.531. The number of nitrogens with one attached hydrogen (secondary N) is 1. The number of likely N-dealkylation sites (N-methyl/N-ethyl adjacent to an activating group) is 1. The molecule has 1 amide bonds. The number of anilines is 1. The smallest absolute Gasteiger partial charge is 0.423 e. The van der Waals surface area contributed by atoms with Gasteiger partial charge in [0.25, 0.3) is 0 Å². The number of hydrogen-bond donors (Lipinski definition) is 5. The molecule has 0 bridgehead atoms. The summed E-state index contributed by atoms with van der Waals surface area (Å²) in [5.74, 6) is 0.665. The molecule has 7 N–H and O–H groups in total. The first-order valence-electron chi connectivity index (χ1n) is 11.8. The summed E-state index contributed by atoms with van der Waals surface area (Å²) in [5.41, 5.74) is 16.9. The van der Waals surface area contributed by atoms with Crippen molar-refractivity contribution < 1.29 is 14.8 Å². The zero-order valence-electron chi connectivity index (χ0n) is 20.0. The topological polar surface area (TPSA) is 156 Å². The van der Waals surface area contributed by atoms with Crippen LogP contribution in [0.5, 0.6) is 0 Å². The average Bonchev–Trinajstić information content (AvgIpc) is 3.26. The van der Waals surface area contributed by atoms with Gasteiger partial charge >= 0.3 is 7.12 Å². The molecule has 0 unspecified atom stereocenters. The molecular formula is C25H28BN7O3. The first kappa shape index (κ1) is 24.0. The molecule has 0 aliphatic carbocycles. The monoisotopic (exact) mass is 485 g/mol. The third-order valence-corrected chi connectivity index (χ3v) is 6.55. The van der Waals surface area contributed by atoms with Crippen LogP contribution in [0, 0.1) is 0 Å². The Kier molecular flexibility index (Phi) is 6.46. The van der Waals surface area contributed by atoms with Gasteiger partial charge < -0.3 is 31.7 Å². The molecule has 2 aromatic heterocycles. The van der Waals surface area contributed by atoms with Crippen LogP contribution >= 0.6 is 0 Å². The SMILES string of the molecule is CN1CCc2nc(-n3c(CN)cc4c(C(N)=O)cccc43)nc(NCc3cccc(B(O)O)c3)c2C1. The first-order valence-corrected chi connectivity index (χ1v) is 11.8. The molecule has 5 rings (SSSR count). The van der Waals surface area contributed by atoms with Crippen molar-refractivity contribution in [3.05, 3.63) is 76.6 Å². The predicted molar refractivity (Wildman–Crippen MR) is 139 cm³/mol. The van der Waals surface area contributed by atoms with E-state index in [0.29, 0.717) is 41.3 Å². The van der Waals surface area contributed by atoms with Gasteiger partial charge in [0, 0.05) is 54.8 Å². The number of rotatable bonds is 7. The molecule has 0 fully saturated rings. The van der Waals surface area contributed by atoms with Crippen LogP contribution in [0.3, 0.4) is 0 Å². The van der Waals surface area contributed by atoms with E-state index in [-0.39, 0.29) is 6.54 Å². The first-order chi connectivity index (χ1) is 17.4. The highest BCUT2D eigenvalue weighted by Crippen LogP contribution is 2.29. The van der Waals surface area contributed by atoms with Gasteiger partial charge in [-0.15, -0.1) is 0 Å². The fourth-order valence-electron chi connectivity index (χ4n) is 4.72. The molecule has 0 saturated carbocycles. The van der Waals surface area contributed by atoms with E-state index < -0.39 is 13.0 Å². The number of fused-ring (bicyclic) bond motifs is 2. The van der Waals surface area contributed by atoms with Gasteiger partial charge in [-0.1, -0.05) is 30.3 Å². The number of benzene rings is 2. The van der Waals surface area contributed by atoms with E-state index in [0.717, 1.165) is 41.0 Å². The summed E-state index contributed by atoms with van der Waals surface area (Å²) < 4.78 is 1.88. The maximum Gasteiger partial charge on any atom is 0.488 e. The zero-order valence-corrected chi connectivity index (χ0v) is 20.0.